The molecule has 0 N–H and O–H groups in total. The van der Waals surface area contributed by atoms with Crippen LogP contribution in [0.3, 0.4) is 0 Å². The Kier molecular flexibility index (Phi) is 7.44. The number of hydrogen-bond acceptors (Lipinski definition) is 4. The molecule has 2 heterocycles. The molecule has 2 fully saturated rings. The Labute approximate surface area is 131 Å². The van der Waals surface area contributed by atoms with Crippen LogP contribution in [0, 0.1) is 5.92 Å². The Morgan fingerprint density at radius 2 is 1.52 bits per heavy atom. The average molecular weight is 297 g/mol. The molecule has 0 aromatic carbocycles. The van der Waals surface area contributed by atoms with Crippen molar-refractivity contribution in [3.05, 3.63) is 0 Å². The lowest BCUT2D eigenvalue weighted by molar-refractivity contribution is 0.0459. The lowest BCUT2D eigenvalue weighted by atomic mass is 9.96. The SMILES string of the molecule is CCN1CCN(CC2CCN(CCOC(C)C)CC2)CC1. The summed E-state index contributed by atoms with van der Waals surface area (Å²) in [6, 6.07) is 0. The Balaban J connectivity index is 1.57. The molecule has 0 amide bonds. The van der Waals surface area contributed by atoms with E-state index in [0.29, 0.717) is 6.10 Å². The fourth-order valence-electron chi connectivity index (χ4n) is 3.46. The van der Waals surface area contributed by atoms with E-state index in [1.165, 1.54) is 65.2 Å². The molecule has 0 radical (unpaired) electrons. The normalized spacial score (nSPS) is 24.0. The second-order valence-electron chi connectivity index (χ2n) is 6.94. The average Bonchev–Trinajstić information content (AvgIpc) is 2.49. The van der Waals surface area contributed by atoms with E-state index in [0.717, 1.165) is 19.1 Å². The smallest absolute Gasteiger partial charge is 0.0596 e. The maximum Gasteiger partial charge on any atom is 0.0596 e. The van der Waals surface area contributed by atoms with E-state index in [4.69, 9.17) is 4.74 Å². The van der Waals surface area contributed by atoms with Crippen molar-refractivity contribution >= 4 is 0 Å². The summed E-state index contributed by atoms with van der Waals surface area (Å²) in [6.07, 6.45) is 3.11. The largest absolute Gasteiger partial charge is 0.377 e. The third kappa shape index (κ3) is 6.23. The Bertz CT molecular complexity index is 269. The van der Waals surface area contributed by atoms with Gasteiger partial charge in [-0.1, -0.05) is 6.92 Å². The van der Waals surface area contributed by atoms with Crippen LogP contribution in [-0.4, -0.2) is 86.3 Å². The predicted octanol–water partition coefficient (Wildman–Crippen LogP) is 1.76. The van der Waals surface area contributed by atoms with E-state index in [9.17, 15) is 0 Å². The van der Waals surface area contributed by atoms with Crippen LogP contribution in [0.2, 0.25) is 0 Å². The van der Waals surface area contributed by atoms with Gasteiger partial charge >= 0.3 is 0 Å². The molecule has 2 aliphatic rings. The summed E-state index contributed by atoms with van der Waals surface area (Å²) in [5.74, 6) is 0.917. The van der Waals surface area contributed by atoms with Gasteiger partial charge in [-0.05, 0) is 52.2 Å². The number of rotatable bonds is 7. The first-order valence-electron chi connectivity index (χ1n) is 8.96. The van der Waals surface area contributed by atoms with Gasteiger partial charge in [-0.2, -0.15) is 0 Å². The monoisotopic (exact) mass is 297 g/mol. The Morgan fingerprint density at radius 1 is 0.905 bits per heavy atom. The van der Waals surface area contributed by atoms with Crippen molar-refractivity contribution in [3.8, 4) is 0 Å². The zero-order valence-corrected chi connectivity index (χ0v) is 14.4. The topological polar surface area (TPSA) is 19.0 Å². The maximum atomic E-state index is 5.66. The molecule has 4 heteroatoms. The molecule has 0 saturated carbocycles. The lowest BCUT2D eigenvalue weighted by Gasteiger charge is -2.38. The minimum atomic E-state index is 0.365. The summed E-state index contributed by atoms with van der Waals surface area (Å²) in [6.45, 7) is 18.7. The lowest BCUT2D eigenvalue weighted by Crippen LogP contribution is -2.48. The number of piperidine rings is 1. The number of ether oxygens (including phenoxy) is 1. The summed E-state index contributed by atoms with van der Waals surface area (Å²) in [4.78, 5) is 7.83. The molecule has 4 nitrogen and oxygen atoms in total. The van der Waals surface area contributed by atoms with Crippen molar-refractivity contribution < 1.29 is 4.74 Å². The van der Waals surface area contributed by atoms with Crippen molar-refractivity contribution in [2.45, 2.75) is 39.7 Å². The minimum absolute atomic E-state index is 0.365. The van der Waals surface area contributed by atoms with Crippen LogP contribution >= 0.6 is 0 Å². The van der Waals surface area contributed by atoms with Gasteiger partial charge in [0.2, 0.25) is 0 Å². The number of likely N-dealkylation sites (tertiary alicyclic amines) is 1. The number of hydrogen-bond donors (Lipinski definition) is 0. The number of nitrogens with zero attached hydrogens (tertiary/aromatic N) is 3. The van der Waals surface area contributed by atoms with Crippen molar-refractivity contribution in [2.75, 3.05) is 65.5 Å². The molecular weight excluding hydrogens is 262 g/mol. The molecule has 0 bridgehead atoms. The van der Waals surface area contributed by atoms with Gasteiger partial charge in [0, 0.05) is 39.3 Å². The molecule has 0 unspecified atom stereocenters. The molecule has 124 valence electrons. The predicted molar refractivity (Wildman–Crippen MR) is 88.8 cm³/mol. The van der Waals surface area contributed by atoms with Crippen LogP contribution in [0.4, 0.5) is 0 Å². The summed E-state index contributed by atoms with van der Waals surface area (Å²) in [5.41, 5.74) is 0. The van der Waals surface area contributed by atoms with E-state index in [1.54, 1.807) is 0 Å². The molecule has 2 rings (SSSR count). The third-order valence-electron chi connectivity index (χ3n) is 4.99. The van der Waals surface area contributed by atoms with E-state index in [2.05, 4.69) is 35.5 Å². The summed E-state index contributed by atoms with van der Waals surface area (Å²) >= 11 is 0. The first-order valence-corrected chi connectivity index (χ1v) is 8.96. The van der Waals surface area contributed by atoms with Gasteiger partial charge in [-0.3, -0.25) is 0 Å². The second kappa shape index (κ2) is 9.09. The summed E-state index contributed by atoms with van der Waals surface area (Å²) in [7, 11) is 0. The van der Waals surface area contributed by atoms with Gasteiger partial charge < -0.3 is 19.4 Å². The zero-order valence-electron chi connectivity index (χ0n) is 14.4. The van der Waals surface area contributed by atoms with E-state index >= 15 is 0 Å². The van der Waals surface area contributed by atoms with Crippen LogP contribution < -0.4 is 0 Å². The van der Waals surface area contributed by atoms with Crippen molar-refractivity contribution in [3.63, 3.8) is 0 Å². The van der Waals surface area contributed by atoms with Gasteiger partial charge in [0.1, 0.15) is 0 Å². The summed E-state index contributed by atoms with van der Waals surface area (Å²) in [5, 5.41) is 0. The standard InChI is InChI=1S/C17H35N3O/c1-4-18-9-11-20(12-10-18)15-17-5-7-19(8-6-17)13-14-21-16(2)3/h16-17H,4-15H2,1-3H3. The fraction of sp³-hybridized carbons (Fsp3) is 1.00. The Morgan fingerprint density at radius 3 is 2.10 bits per heavy atom. The molecule has 21 heavy (non-hydrogen) atoms. The van der Waals surface area contributed by atoms with Crippen molar-refractivity contribution in [1.82, 2.24) is 14.7 Å². The molecule has 0 spiro atoms. The van der Waals surface area contributed by atoms with Gasteiger partial charge in [0.25, 0.3) is 0 Å². The highest BCUT2D eigenvalue weighted by Crippen LogP contribution is 2.19. The van der Waals surface area contributed by atoms with E-state index in [1.807, 2.05) is 0 Å². The Hall–Kier alpha value is -0.160. The van der Waals surface area contributed by atoms with Crippen LogP contribution in [0.25, 0.3) is 0 Å². The molecule has 2 saturated heterocycles. The van der Waals surface area contributed by atoms with Crippen molar-refractivity contribution in [1.29, 1.82) is 0 Å². The maximum absolute atomic E-state index is 5.66. The third-order valence-corrected chi connectivity index (χ3v) is 4.99. The highest BCUT2D eigenvalue weighted by molar-refractivity contribution is 4.78. The van der Waals surface area contributed by atoms with Crippen LogP contribution in [0.5, 0.6) is 0 Å². The molecule has 0 atom stereocenters. The van der Waals surface area contributed by atoms with Crippen LogP contribution in [0.15, 0.2) is 0 Å². The fourth-order valence-corrected chi connectivity index (χ4v) is 3.46. The molecule has 0 aliphatic carbocycles. The molecule has 2 aliphatic heterocycles. The zero-order chi connectivity index (χ0) is 15.1. The van der Waals surface area contributed by atoms with Gasteiger partial charge in [0.15, 0.2) is 0 Å². The molecule has 0 aromatic heterocycles. The quantitative estimate of drug-likeness (QED) is 0.713. The highest BCUT2D eigenvalue weighted by atomic mass is 16.5. The van der Waals surface area contributed by atoms with Crippen LogP contribution in [0.1, 0.15) is 33.6 Å². The number of likely N-dealkylation sites (N-methyl/N-ethyl adjacent to an activating group) is 1. The molecule has 0 aromatic rings. The molecular formula is C17H35N3O. The first kappa shape index (κ1) is 17.2. The highest BCUT2D eigenvalue weighted by Gasteiger charge is 2.23. The van der Waals surface area contributed by atoms with Gasteiger partial charge in [-0.25, -0.2) is 0 Å². The first-order chi connectivity index (χ1) is 10.2. The second-order valence-corrected chi connectivity index (χ2v) is 6.94. The number of piperazine rings is 1. The van der Waals surface area contributed by atoms with Gasteiger partial charge in [0.05, 0.1) is 12.7 Å². The van der Waals surface area contributed by atoms with Gasteiger partial charge in [-0.15, -0.1) is 0 Å². The van der Waals surface area contributed by atoms with E-state index in [-0.39, 0.29) is 0 Å². The van der Waals surface area contributed by atoms with Crippen LogP contribution in [-0.2, 0) is 4.74 Å². The van der Waals surface area contributed by atoms with E-state index < -0.39 is 0 Å². The van der Waals surface area contributed by atoms with Crippen molar-refractivity contribution in [2.24, 2.45) is 5.92 Å². The summed E-state index contributed by atoms with van der Waals surface area (Å²) < 4.78 is 5.66. The minimum Gasteiger partial charge on any atom is -0.377 e.